The van der Waals surface area contributed by atoms with Crippen molar-refractivity contribution in [3.63, 3.8) is 0 Å². The van der Waals surface area contributed by atoms with Crippen LogP contribution in [0.15, 0.2) is 24.3 Å². The van der Waals surface area contributed by atoms with E-state index in [0.29, 0.717) is 19.1 Å². The van der Waals surface area contributed by atoms with E-state index in [0.717, 1.165) is 18.5 Å². The lowest BCUT2D eigenvalue weighted by Crippen LogP contribution is -2.55. The van der Waals surface area contributed by atoms with Crippen LogP contribution in [-0.4, -0.2) is 29.7 Å². The van der Waals surface area contributed by atoms with Gasteiger partial charge in [-0.2, -0.15) is 0 Å². The number of hydrogen-bond donors (Lipinski definition) is 2. The molecule has 0 fully saturated rings. The molecule has 0 aliphatic carbocycles. The molecule has 1 unspecified atom stereocenters. The minimum absolute atomic E-state index is 0.0821. The van der Waals surface area contributed by atoms with Crippen molar-refractivity contribution in [2.75, 3.05) is 18.5 Å². The smallest absolute Gasteiger partial charge is 0.269 e. The number of benzene rings is 1. The number of nitro groups is 1. The van der Waals surface area contributed by atoms with Crippen molar-refractivity contribution < 1.29 is 9.66 Å². The summed E-state index contributed by atoms with van der Waals surface area (Å²) in [5.41, 5.74) is 7.01. The summed E-state index contributed by atoms with van der Waals surface area (Å²) in [4.78, 5) is 10.3. The highest BCUT2D eigenvalue weighted by molar-refractivity contribution is 5.50. The Kier molecular flexibility index (Phi) is 7.45. The average Bonchev–Trinajstić information content (AvgIpc) is 2.52. The molecule has 1 rings (SSSR count). The Morgan fingerprint density at radius 3 is 2.22 bits per heavy atom. The molecule has 6 nitrogen and oxygen atoms in total. The molecule has 0 saturated heterocycles. The monoisotopic (exact) mass is 323 g/mol. The van der Waals surface area contributed by atoms with E-state index in [9.17, 15) is 10.1 Å². The molecule has 0 aliphatic rings. The number of nitrogens with two attached hydrogens (primary N) is 1. The van der Waals surface area contributed by atoms with Crippen molar-refractivity contribution in [3.05, 3.63) is 34.4 Å². The number of ether oxygens (including phenoxy) is 1. The molecule has 23 heavy (non-hydrogen) atoms. The lowest BCUT2D eigenvalue weighted by atomic mass is 9.85. The van der Waals surface area contributed by atoms with Gasteiger partial charge in [0.15, 0.2) is 0 Å². The maximum Gasteiger partial charge on any atom is 0.269 e. The second kappa shape index (κ2) is 8.84. The first kappa shape index (κ1) is 19.4. The van der Waals surface area contributed by atoms with E-state index in [1.807, 2.05) is 0 Å². The van der Waals surface area contributed by atoms with Gasteiger partial charge in [-0.25, -0.2) is 0 Å². The van der Waals surface area contributed by atoms with Gasteiger partial charge in [0, 0.05) is 24.4 Å². The Balaban J connectivity index is 2.80. The first-order valence-corrected chi connectivity index (χ1v) is 8.20. The summed E-state index contributed by atoms with van der Waals surface area (Å²) >= 11 is 0. The second-order valence-electron chi connectivity index (χ2n) is 6.33. The first-order chi connectivity index (χ1) is 10.8. The van der Waals surface area contributed by atoms with Crippen molar-refractivity contribution in [2.45, 2.75) is 52.1 Å². The topological polar surface area (TPSA) is 90.4 Å². The molecular weight excluding hydrogens is 294 g/mol. The summed E-state index contributed by atoms with van der Waals surface area (Å²) in [6, 6.07) is 6.28. The van der Waals surface area contributed by atoms with Crippen LogP contribution in [0.3, 0.4) is 0 Å². The predicted molar refractivity (Wildman–Crippen MR) is 93.7 cm³/mol. The van der Waals surface area contributed by atoms with Gasteiger partial charge in [-0.05, 0) is 30.9 Å². The quantitative estimate of drug-likeness (QED) is 0.507. The first-order valence-electron chi connectivity index (χ1n) is 8.20. The van der Waals surface area contributed by atoms with Crippen LogP contribution in [-0.2, 0) is 4.74 Å². The van der Waals surface area contributed by atoms with Gasteiger partial charge in [0.05, 0.1) is 23.1 Å². The van der Waals surface area contributed by atoms with E-state index in [-0.39, 0.29) is 17.3 Å². The molecule has 0 amide bonds. The van der Waals surface area contributed by atoms with Gasteiger partial charge in [-0.3, -0.25) is 10.1 Å². The van der Waals surface area contributed by atoms with Crippen LogP contribution >= 0.6 is 0 Å². The maximum absolute atomic E-state index is 10.7. The standard InChI is InChI=1S/C17H29N3O3/c1-5-17(6-2,16(18)12-23-11-13(3)4)19-14-7-9-15(10-8-14)20(21)22/h7-10,13,16,19H,5-6,11-12,18H2,1-4H3. The Morgan fingerprint density at radius 2 is 1.78 bits per heavy atom. The minimum Gasteiger partial charge on any atom is -0.379 e. The number of nitro benzene ring substituents is 1. The third-order valence-corrected chi connectivity index (χ3v) is 4.19. The summed E-state index contributed by atoms with van der Waals surface area (Å²) in [5.74, 6) is 0.475. The number of hydrogen-bond acceptors (Lipinski definition) is 5. The van der Waals surface area contributed by atoms with E-state index in [2.05, 4.69) is 33.0 Å². The minimum atomic E-state index is -0.401. The van der Waals surface area contributed by atoms with Crippen molar-refractivity contribution in [3.8, 4) is 0 Å². The molecule has 130 valence electrons. The Morgan fingerprint density at radius 1 is 1.22 bits per heavy atom. The van der Waals surface area contributed by atoms with Gasteiger partial charge in [0.2, 0.25) is 0 Å². The third-order valence-electron chi connectivity index (χ3n) is 4.19. The van der Waals surface area contributed by atoms with Gasteiger partial charge in [0.25, 0.3) is 5.69 Å². The molecule has 0 aromatic heterocycles. The molecule has 0 aliphatic heterocycles. The Bertz CT molecular complexity index is 484. The summed E-state index contributed by atoms with van der Waals surface area (Å²) in [5, 5.41) is 14.2. The highest BCUT2D eigenvalue weighted by Gasteiger charge is 2.33. The zero-order valence-corrected chi connectivity index (χ0v) is 14.5. The van der Waals surface area contributed by atoms with E-state index in [4.69, 9.17) is 10.5 Å². The number of anilines is 1. The molecule has 0 radical (unpaired) electrons. The van der Waals surface area contributed by atoms with E-state index in [1.54, 1.807) is 12.1 Å². The van der Waals surface area contributed by atoms with E-state index >= 15 is 0 Å². The fraction of sp³-hybridized carbons (Fsp3) is 0.647. The summed E-state index contributed by atoms with van der Waals surface area (Å²) < 4.78 is 5.70. The maximum atomic E-state index is 10.7. The van der Waals surface area contributed by atoms with Crippen LogP contribution < -0.4 is 11.1 Å². The van der Waals surface area contributed by atoms with E-state index < -0.39 is 4.92 Å². The fourth-order valence-corrected chi connectivity index (χ4v) is 2.59. The highest BCUT2D eigenvalue weighted by atomic mass is 16.6. The van der Waals surface area contributed by atoms with Crippen LogP contribution in [0, 0.1) is 16.0 Å². The van der Waals surface area contributed by atoms with Gasteiger partial charge in [0.1, 0.15) is 0 Å². The van der Waals surface area contributed by atoms with Crippen LogP contribution in [0.25, 0.3) is 0 Å². The van der Waals surface area contributed by atoms with Crippen LogP contribution in [0.1, 0.15) is 40.5 Å². The number of nitrogens with one attached hydrogen (secondary N) is 1. The molecule has 3 N–H and O–H groups in total. The summed E-state index contributed by atoms with van der Waals surface area (Å²) in [6.45, 7) is 9.56. The SMILES string of the molecule is CCC(CC)(Nc1ccc([N+](=O)[O-])cc1)C(N)COCC(C)C. The molecule has 0 saturated carbocycles. The lowest BCUT2D eigenvalue weighted by Gasteiger charge is -2.39. The van der Waals surface area contributed by atoms with E-state index in [1.165, 1.54) is 12.1 Å². The largest absolute Gasteiger partial charge is 0.379 e. The molecule has 0 spiro atoms. The molecule has 1 aromatic carbocycles. The fourth-order valence-electron chi connectivity index (χ4n) is 2.59. The van der Waals surface area contributed by atoms with Gasteiger partial charge in [-0.1, -0.05) is 27.7 Å². The van der Waals surface area contributed by atoms with Crippen molar-refractivity contribution in [2.24, 2.45) is 11.7 Å². The Labute approximate surface area is 138 Å². The zero-order chi connectivity index (χ0) is 17.5. The molecule has 6 heteroatoms. The Hall–Kier alpha value is -1.66. The molecular formula is C17H29N3O3. The summed E-state index contributed by atoms with van der Waals surface area (Å²) in [6.07, 6.45) is 1.68. The van der Waals surface area contributed by atoms with Crippen LogP contribution in [0.4, 0.5) is 11.4 Å². The molecule has 1 aromatic rings. The third kappa shape index (κ3) is 5.48. The summed E-state index contributed by atoms with van der Waals surface area (Å²) in [7, 11) is 0. The van der Waals surface area contributed by atoms with Gasteiger partial charge in [-0.15, -0.1) is 0 Å². The number of rotatable bonds is 10. The zero-order valence-electron chi connectivity index (χ0n) is 14.5. The van der Waals surface area contributed by atoms with Crippen LogP contribution in [0.5, 0.6) is 0 Å². The normalized spacial score (nSPS) is 13.1. The van der Waals surface area contributed by atoms with Crippen molar-refractivity contribution in [1.29, 1.82) is 0 Å². The lowest BCUT2D eigenvalue weighted by molar-refractivity contribution is -0.384. The van der Waals surface area contributed by atoms with Gasteiger partial charge < -0.3 is 15.8 Å². The highest BCUT2D eigenvalue weighted by Crippen LogP contribution is 2.26. The second-order valence-corrected chi connectivity index (χ2v) is 6.33. The predicted octanol–water partition coefficient (Wildman–Crippen LogP) is 3.57. The molecule has 1 atom stereocenters. The number of nitrogens with zero attached hydrogens (tertiary/aromatic N) is 1. The molecule has 0 heterocycles. The van der Waals surface area contributed by atoms with Gasteiger partial charge >= 0.3 is 0 Å². The van der Waals surface area contributed by atoms with Crippen molar-refractivity contribution in [1.82, 2.24) is 0 Å². The van der Waals surface area contributed by atoms with Crippen LogP contribution in [0.2, 0.25) is 0 Å². The average molecular weight is 323 g/mol. The van der Waals surface area contributed by atoms with Crippen molar-refractivity contribution >= 4 is 11.4 Å². The molecule has 0 bridgehead atoms. The number of non-ortho nitro benzene ring substituents is 1.